The highest BCUT2D eigenvalue weighted by Crippen LogP contribution is 2.35. The Morgan fingerprint density at radius 2 is 2.11 bits per heavy atom. The monoisotopic (exact) mass is 281 g/mol. The maximum Gasteiger partial charge on any atom is 0.181 e. The van der Waals surface area contributed by atoms with Crippen molar-refractivity contribution in [1.29, 1.82) is 0 Å². The van der Waals surface area contributed by atoms with E-state index in [0.29, 0.717) is 5.13 Å². The molecule has 0 aliphatic carbocycles. The highest BCUT2D eigenvalue weighted by atomic mass is 35.5. The SMILES string of the molecule is CC1CCN(c2cc3sc(N)nc3cc2Cl)CC1. The van der Waals surface area contributed by atoms with Crippen molar-refractivity contribution in [2.45, 2.75) is 19.8 Å². The predicted octanol–water partition coefficient (Wildman–Crippen LogP) is 3.77. The second-order valence-corrected chi connectivity index (χ2v) is 6.46. The first-order chi connectivity index (χ1) is 8.63. The van der Waals surface area contributed by atoms with Crippen LogP contribution in [0.5, 0.6) is 0 Å². The Labute approximate surface area is 116 Å². The number of nitrogens with zero attached hydrogens (tertiary/aromatic N) is 2. The van der Waals surface area contributed by atoms with Gasteiger partial charge in [-0.25, -0.2) is 4.98 Å². The van der Waals surface area contributed by atoms with Crippen LogP contribution in [0, 0.1) is 5.92 Å². The summed E-state index contributed by atoms with van der Waals surface area (Å²) in [4.78, 5) is 6.64. The maximum atomic E-state index is 6.36. The Balaban J connectivity index is 1.98. The van der Waals surface area contributed by atoms with E-state index in [-0.39, 0.29) is 0 Å². The molecule has 1 fully saturated rings. The molecule has 2 heterocycles. The number of anilines is 2. The molecule has 1 saturated heterocycles. The molecular formula is C13H16ClN3S. The van der Waals surface area contributed by atoms with E-state index in [4.69, 9.17) is 17.3 Å². The summed E-state index contributed by atoms with van der Waals surface area (Å²) in [5.41, 5.74) is 7.76. The van der Waals surface area contributed by atoms with Gasteiger partial charge in [-0.3, -0.25) is 0 Å². The molecule has 3 nitrogen and oxygen atoms in total. The van der Waals surface area contributed by atoms with Gasteiger partial charge in [-0.1, -0.05) is 29.9 Å². The lowest BCUT2D eigenvalue weighted by Gasteiger charge is -2.32. The minimum absolute atomic E-state index is 0.602. The number of nitrogens with two attached hydrogens (primary N) is 1. The molecule has 1 aliphatic rings. The number of hydrogen-bond acceptors (Lipinski definition) is 4. The van der Waals surface area contributed by atoms with Crippen LogP contribution in [0.1, 0.15) is 19.8 Å². The van der Waals surface area contributed by atoms with Crippen LogP contribution in [0.25, 0.3) is 10.2 Å². The van der Waals surface area contributed by atoms with E-state index in [2.05, 4.69) is 22.9 Å². The summed E-state index contributed by atoms with van der Waals surface area (Å²) >= 11 is 7.89. The molecule has 0 amide bonds. The average molecular weight is 282 g/mol. The van der Waals surface area contributed by atoms with E-state index >= 15 is 0 Å². The van der Waals surface area contributed by atoms with Gasteiger partial charge in [0.05, 0.1) is 20.9 Å². The largest absolute Gasteiger partial charge is 0.375 e. The molecule has 0 spiro atoms. The number of rotatable bonds is 1. The number of aromatic nitrogens is 1. The van der Waals surface area contributed by atoms with Crippen LogP contribution in [0.4, 0.5) is 10.8 Å². The van der Waals surface area contributed by atoms with Crippen LogP contribution in [0.2, 0.25) is 5.02 Å². The summed E-state index contributed by atoms with van der Waals surface area (Å²) in [5, 5.41) is 1.38. The van der Waals surface area contributed by atoms with Crippen LogP contribution in [-0.4, -0.2) is 18.1 Å². The molecule has 2 N–H and O–H groups in total. The van der Waals surface area contributed by atoms with Crippen LogP contribution in [-0.2, 0) is 0 Å². The molecular weight excluding hydrogens is 266 g/mol. The van der Waals surface area contributed by atoms with E-state index in [0.717, 1.165) is 39.9 Å². The highest BCUT2D eigenvalue weighted by molar-refractivity contribution is 7.22. The summed E-state index contributed by atoms with van der Waals surface area (Å²) in [6.45, 7) is 4.48. The van der Waals surface area contributed by atoms with Crippen molar-refractivity contribution in [2.24, 2.45) is 5.92 Å². The van der Waals surface area contributed by atoms with Gasteiger partial charge in [0.2, 0.25) is 0 Å². The van der Waals surface area contributed by atoms with E-state index in [9.17, 15) is 0 Å². The fourth-order valence-corrected chi connectivity index (χ4v) is 3.47. The van der Waals surface area contributed by atoms with Gasteiger partial charge in [0.25, 0.3) is 0 Å². The molecule has 0 radical (unpaired) electrons. The molecule has 18 heavy (non-hydrogen) atoms. The highest BCUT2D eigenvalue weighted by Gasteiger charge is 2.19. The second kappa shape index (κ2) is 4.59. The van der Waals surface area contributed by atoms with Gasteiger partial charge in [0, 0.05) is 13.1 Å². The average Bonchev–Trinajstić information content (AvgIpc) is 2.68. The summed E-state index contributed by atoms with van der Waals surface area (Å²) < 4.78 is 1.12. The summed E-state index contributed by atoms with van der Waals surface area (Å²) in [5.74, 6) is 0.822. The van der Waals surface area contributed by atoms with Crippen LogP contribution in [0.15, 0.2) is 12.1 Å². The fourth-order valence-electron chi connectivity index (χ4n) is 2.45. The molecule has 3 rings (SSSR count). The Kier molecular flexibility index (Phi) is 3.08. The third-order valence-electron chi connectivity index (χ3n) is 3.60. The van der Waals surface area contributed by atoms with Gasteiger partial charge >= 0.3 is 0 Å². The molecule has 1 aromatic heterocycles. The van der Waals surface area contributed by atoms with Crippen molar-refractivity contribution < 1.29 is 0 Å². The quantitative estimate of drug-likeness (QED) is 0.865. The Morgan fingerprint density at radius 3 is 2.83 bits per heavy atom. The standard InChI is InChI=1S/C13H16ClN3S/c1-8-2-4-17(5-3-8)11-7-12-10(6-9(11)14)16-13(15)18-12/h6-8H,2-5H2,1H3,(H2,15,16). The van der Waals surface area contributed by atoms with Gasteiger partial charge < -0.3 is 10.6 Å². The molecule has 0 saturated carbocycles. The molecule has 1 aromatic carbocycles. The molecule has 0 bridgehead atoms. The van der Waals surface area contributed by atoms with Crippen LogP contribution in [0.3, 0.4) is 0 Å². The fraction of sp³-hybridized carbons (Fsp3) is 0.462. The van der Waals surface area contributed by atoms with Gasteiger partial charge in [-0.05, 0) is 30.9 Å². The van der Waals surface area contributed by atoms with Crippen LogP contribution < -0.4 is 10.6 Å². The number of fused-ring (bicyclic) bond motifs is 1. The van der Waals surface area contributed by atoms with Crippen molar-refractivity contribution in [2.75, 3.05) is 23.7 Å². The molecule has 1 aliphatic heterocycles. The molecule has 96 valence electrons. The lowest BCUT2D eigenvalue weighted by Crippen LogP contribution is -2.32. The Bertz CT molecular complexity index is 573. The van der Waals surface area contributed by atoms with Gasteiger partial charge in [0.1, 0.15) is 0 Å². The number of hydrogen-bond donors (Lipinski definition) is 1. The topological polar surface area (TPSA) is 42.1 Å². The van der Waals surface area contributed by atoms with E-state index in [1.165, 1.54) is 24.2 Å². The summed E-state index contributed by atoms with van der Waals surface area (Å²) in [6, 6.07) is 4.05. The smallest absolute Gasteiger partial charge is 0.181 e. The number of nitrogen functional groups attached to an aromatic ring is 1. The van der Waals surface area contributed by atoms with Gasteiger partial charge in [-0.2, -0.15) is 0 Å². The van der Waals surface area contributed by atoms with E-state index in [1.807, 2.05) is 6.07 Å². The van der Waals surface area contributed by atoms with Crippen molar-refractivity contribution in [3.8, 4) is 0 Å². The number of benzene rings is 1. The normalized spacial score (nSPS) is 17.6. The predicted molar refractivity (Wildman–Crippen MR) is 79.7 cm³/mol. The lowest BCUT2D eigenvalue weighted by atomic mass is 9.99. The minimum atomic E-state index is 0.602. The zero-order valence-electron chi connectivity index (χ0n) is 10.3. The van der Waals surface area contributed by atoms with Crippen molar-refractivity contribution in [3.63, 3.8) is 0 Å². The van der Waals surface area contributed by atoms with Crippen molar-refractivity contribution in [1.82, 2.24) is 4.98 Å². The van der Waals surface area contributed by atoms with Gasteiger partial charge in [0.15, 0.2) is 5.13 Å². The van der Waals surface area contributed by atoms with E-state index < -0.39 is 0 Å². The molecule has 5 heteroatoms. The Hall–Kier alpha value is -1.00. The first kappa shape index (κ1) is 12.1. The molecule has 0 unspecified atom stereocenters. The number of piperidine rings is 1. The minimum Gasteiger partial charge on any atom is -0.375 e. The zero-order chi connectivity index (χ0) is 12.7. The third kappa shape index (κ3) is 2.15. The van der Waals surface area contributed by atoms with Crippen molar-refractivity contribution >= 4 is 44.0 Å². The van der Waals surface area contributed by atoms with Crippen molar-refractivity contribution in [3.05, 3.63) is 17.2 Å². The maximum absolute atomic E-state index is 6.36. The Morgan fingerprint density at radius 1 is 1.39 bits per heavy atom. The summed E-state index contributed by atoms with van der Waals surface area (Å²) in [7, 11) is 0. The molecule has 0 atom stereocenters. The third-order valence-corrected chi connectivity index (χ3v) is 4.75. The number of halogens is 1. The second-order valence-electron chi connectivity index (χ2n) is 4.99. The number of thiazole rings is 1. The van der Waals surface area contributed by atoms with Crippen LogP contribution >= 0.6 is 22.9 Å². The lowest BCUT2D eigenvalue weighted by molar-refractivity contribution is 0.438. The van der Waals surface area contributed by atoms with E-state index in [1.54, 1.807) is 0 Å². The first-order valence-electron chi connectivity index (χ1n) is 6.24. The summed E-state index contributed by atoms with van der Waals surface area (Å²) in [6.07, 6.45) is 2.47. The molecule has 2 aromatic rings. The first-order valence-corrected chi connectivity index (χ1v) is 7.43. The zero-order valence-corrected chi connectivity index (χ0v) is 11.9. The van der Waals surface area contributed by atoms with Gasteiger partial charge in [-0.15, -0.1) is 0 Å².